The van der Waals surface area contributed by atoms with Gasteiger partial charge in [0.1, 0.15) is 0 Å². The van der Waals surface area contributed by atoms with Gasteiger partial charge in [-0.05, 0) is 25.3 Å². The molecule has 1 N–H and O–H groups in total. The van der Waals surface area contributed by atoms with Crippen molar-refractivity contribution in [3.8, 4) is 0 Å². The Balaban J connectivity index is 4.19. The Morgan fingerprint density at radius 2 is 1.79 bits per heavy atom. The van der Waals surface area contributed by atoms with E-state index in [-0.39, 0.29) is 0 Å². The summed E-state index contributed by atoms with van der Waals surface area (Å²) in [7, 11) is 1.82. The quantitative estimate of drug-likeness (QED) is 0.652. The Labute approximate surface area is 89.4 Å². The minimum atomic E-state index is 0.358. The Kier molecular flexibility index (Phi) is 8.20. The summed E-state index contributed by atoms with van der Waals surface area (Å²) >= 11 is 0. The number of hydrogen-bond acceptors (Lipinski definition) is 2. The summed E-state index contributed by atoms with van der Waals surface area (Å²) in [5.41, 5.74) is 0. The second-order valence-corrected chi connectivity index (χ2v) is 4.05. The Bertz CT molecular complexity index is 123. The summed E-state index contributed by atoms with van der Waals surface area (Å²) in [5.74, 6) is 0.687. The van der Waals surface area contributed by atoms with Crippen LogP contribution in [0.25, 0.3) is 0 Å². The van der Waals surface area contributed by atoms with E-state index in [2.05, 4.69) is 33.0 Å². The normalized spacial score (nSPS) is 17.8. The van der Waals surface area contributed by atoms with Crippen molar-refractivity contribution in [2.24, 2.45) is 5.92 Å². The first-order valence-electron chi connectivity index (χ1n) is 5.97. The number of methoxy groups -OCH3 is 1. The van der Waals surface area contributed by atoms with Gasteiger partial charge >= 0.3 is 0 Å². The number of nitrogens with one attached hydrogen (secondary N) is 1. The Hall–Kier alpha value is -0.0800. The highest BCUT2D eigenvalue weighted by molar-refractivity contribution is 4.80. The SMILES string of the molecule is CCCNC(C(C)CC)C(CC)OC. The molecule has 0 saturated carbocycles. The zero-order chi connectivity index (χ0) is 11.0. The maximum Gasteiger partial charge on any atom is 0.0724 e. The number of rotatable bonds is 8. The lowest BCUT2D eigenvalue weighted by Crippen LogP contribution is -2.45. The summed E-state index contributed by atoms with van der Waals surface area (Å²) < 4.78 is 5.52. The van der Waals surface area contributed by atoms with E-state index in [1.54, 1.807) is 0 Å². The van der Waals surface area contributed by atoms with E-state index in [0.29, 0.717) is 18.1 Å². The van der Waals surface area contributed by atoms with Gasteiger partial charge in [-0.3, -0.25) is 0 Å². The van der Waals surface area contributed by atoms with Crippen LogP contribution in [0.3, 0.4) is 0 Å². The van der Waals surface area contributed by atoms with Crippen molar-refractivity contribution in [2.45, 2.75) is 59.1 Å². The monoisotopic (exact) mass is 201 g/mol. The van der Waals surface area contributed by atoms with Crippen LogP contribution in [0, 0.1) is 5.92 Å². The minimum absolute atomic E-state index is 0.358. The molecular weight excluding hydrogens is 174 g/mol. The van der Waals surface area contributed by atoms with Crippen LogP contribution in [0.2, 0.25) is 0 Å². The molecule has 0 spiro atoms. The summed E-state index contributed by atoms with van der Waals surface area (Å²) in [4.78, 5) is 0. The molecule has 0 aliphatic rings. The van der Waals surface area contributed by atoms with E-state index in [1.165, 1.54) is 12.8 Å². The molecule has 0 aromatic heterocycles. The van der Waals surface area contributed by atoms with Crippen molar-refractivity contribution in [3.63, 3.8) is 0 Å². The highest BCUT2D eigenvalue weighted by atomic mass is 16.5. The van der Waals surface area contributed by atoms with Crippen LogP contribution in [-0.2, 0) is 4.74 Å². The zero-order valence-electron chi connectivity index (χ0n) is 10.5. The molecule has 0 rings (SSSR count). The van der Waals surface area contributed by atoms with E-state index < -0.39 is 0 Å². The fraction of sp³-hybridized carbons (Fsp3) is 1.00. The average molecular weight is 201 g/mol. The molecule has 0 saturated heterocycles. The van der Waals surface area contributed by atoms with Crippen LogP contribution >= 0.6 is 0 Å². The summed E-state index contributed by atoms with van der Waals surface area (Å²) in [6, 6.07) is 0.509. The van der Waals surface area contributed by atoms with Crippen LogP contribution in [0.1, 0.15) is 47.0 Å². The molecule has 3 unspecified atom stereocenters. The molecule has 0 fully saturated rings. The predicted octanol–water partition coefficient (Wildman–Crippen LogP) is 2.83. The van der Waals surface area contributed by atoms with E-state index >= 15 is 0 Å². The van der Waals surface area contributed by atoms with Gasteiger partial charge in [0.25, 0.3) is 0 Å². The van der Waals surface area contributed by atoms with E-state index in [9.17, 15) is 0 Å². The summed E-state index contributed by atoms with van der Waals surface area (Å²) in [5, 5.41) is 3.60. The van der Waals surface area contributed by atoms with Crippen LogP contribution in [-0.4, -0.2) is 25.8 Å². The smallest absolute Gasteiger partial charge is 0.0724 e. The maximum absolute atomic E-state index is 5.52. The fourth-order valence-electron chi connectivity index (χ4n) is 1.83. The second kappa shape index (κ2) is 8.25. The highest BCUT2D eigenvalue weighted by Crippen LogP contribution is 2.15. The number of hydrogen-bond donors (Lipinski definition) is 1. The molecule has 86 valence electrons. The Morgan fingerprint density at radius 1 is 1.14 bits per heavy atom. The van der Waals surface area contributed by atoms with Gasteiger partial charge in [-0.25, -0.2) is 0 Å². The molecule has 2 nitrogen and oxygen atoms in total. The first kappa shape index (κ1) is 13.9. The first-order valence-corrected chi connectivity index (χ1v) is 5.97. The van der Waals surface area contributed by atoms with Crippen molar-refractivity contribution < 1.29 is 4.74 Å². The van der Waals surface area contributed by atoms with Crippen molar-refractivity contribution in [1.82, 2.24) is 5.32 Å². The first-order chi connectivity index (χ1) is 6.71. The van der Waals surface area contributed by atoms with Gasteiger partial charge in [-0.2, -0.15) is 0 Å². The molecule has 0 radical (unpaired) electrons. The topological polar surface area (TPSA) is 21.3 Å². The van der Waals surface area contributed by atoms with Gasteiger partial charge in [0.05, 0.1) is 6.10 Å². The lowest BCUT2D eigenvalue weighted by molar-refractivity contribution is 0.0467. The standard InChI is InChI=1S/C12H27NO/c1-6-9-13-12(10(4)7-2)11(8-3)14-5/h10-13H,6-9H2,1-5H3. The molecule has 2 heteroatoms. The van der Waals surface area contributed by atoms with Gasteiger partial charge in [0.15, 0.2) is 0 Å². The van der Waals surface area contributed by atoms with Crippen LogP contribution < -0.4 is 5.32 Å². The minimum Gasteiger partial charge on any atom is -0.380 e. The summed E-state index contributed by atoms with van der Waals surface area (Å²) in [6.45, 7) is 10.0. The van der Waals surface area contributed by atoms with Crippen LogP contribution in [0.15, 0.2) is 0 Å². The molecule has 3 atom stereocenters. The van der Waals surface area contributed by atoms with Gasteiger partial charge in [0, 0.05) is 13.2 Å². The molecular formula is C12H27NO. The molecule has 0 heterocycles. The van der Waals surface area contributed by atoms with Crippen molar-refractivity contribution in [3.05, 3.63) is 0 Å². The zero-order valence-corrected chi connectivity index (χ0v) is 10.5. The average Bonchev–Trinajstić information content (AvgIpc) is 2.23. The van der Waals surface area contributed by atoms with Crippen molar-refractivity contribution >= 4 is 0 Å². The van der Waals surface area contributed by atoms with Crippen molar-refractivity contribution in [1.29, 1.82) is 0 Å². The largest absolute Gasteiger partial charge is 0.380 e. The lowest BCUT2D eigenvalue weighted by Gasteiger charge is -2.30. The fourth-order valence-corrected chi connectivity index (χ4v) is 1.83. The third-order valence-corrected chi connectivity index (χ3v) is 2.99. The van der Waals surface area contributed by atoms with Crippen molar-refractivity contribution in [2.75, 3.05) is 13.7 Å². The van der Waals surface area contributed by atoms with Crippen LogP contribution in [0.4, 0.5) is 0 Å². The lowest BCUT2D eigenvalue weighted by atomic mass is 9.93. The number of ether oxygens (including phenoxy) is 1. The molecule has 14 heavy (non-hydrogen) atoms. The van der Waals surface area contributed by atoms with Gasteiger partial charge in [0.2, 0.25) is 0 Å². The van der Waals surface area contributed by atoms with Gasteiger partial charge in [-0.1, -0.05) is 34.1 Å². The van der Waals surface area contributed by atoms with Gasteiger partial charge in [-0.15, -0.1) is 0 Å². The summed E-state index contributed by atoms with van der Waals surface area (Å²) in [6.07, 6.45) is 3.84. The molecule has 0 bridgehead atoms. The molecule has 0 aliphatic carbocycles. The van der Waals surface area contributed by atoms with E-state index in [0.717, 1.165) is 13.0 Å². The molecule has 0 aliphatic heterocycles. The highest BCUT2D eigenvalue weighted by Gasteiger charge is 2.23. The predicted molar refractivity (Wildman–Crippen MR) is 62.6 cm³/mol. The van der Waals surface area contributed by atoms with Gasteiger partial charge < -0.3 is 10.1 Å². The Morgan fingerprint density at radius 3 is 2.14 bits per heavy atom. The van der Waals surface area contributed by atoms with E-state index in [4.69, 9.17) is 4.74 Å². The second-order valence-electron chi connectivity index (χ2n) is 4.05. The van der Waals surface area contributed by atoms with Crippen LogP contribution in [0.5, 0.6) is 0 Å². The molecule has 0 amide bonds. The molecule has 0 aromatic carbocycles. The maximum atomic E-state index is 5.52. The van der Waals surface area contributed by atoms with E-state index in [1.807, 2.05) is 7.11 Å². The third-order valence-electron chi connectivity index (χ3n) is 2.99. The molecule has 0 aromatic rings. The third kappa shape index (κ3) is 4.43.